The molecule has 0 amide bonds. The Morgan fingerprint density at radius 2 is 1.85 bits per heavy atom. The van der Waals surface area contributed by atoms with Crippen molar-refractivity contribution in [2.45, 2.75) is 39.7 Å². The standard InChI is InChI=1S/C11H23NO/c1-5-10(4)6-12-7-11(13,8-12)9(2)3/h9-10,13H,5-8H2,1-4H3. The van der Waals surface area contributed by atoms with Crippen molar-refractivity contribution in [3.8, 4) is 0 Å². The van der Waals surface area contributed by atoms with Crippen LogP contribution < -0.4 is 0 Å². The second-order valence-corrected chi connectivity index (χ2v) is 4.94. The second-order valence-electron chi connectivity index (χ2n) is 4.94. The van der Waals surface area contributed by atoms with Gasteiger partial charge in [0.1, 0.15) is 0 Å². The Hall–Kier alpha value is -0.0800. The number of nitrogens with zero attached hydrogens (tertiary/aromatic N) is 1. The van der Waals surface area contributed by atoms with Crippen molar-refractivity contribution in [1.29, 1.82) is 0 Å². The highest BCUT2D eigenvalue weighted by atomic mass is 16.3. The van der Waals surface area contributed by atoms with Crippen molar-refractivity contribution < 1.29 is 5.11 Å². The van der Waals surface area contributed by atoms with Crippen molar-refractivity contribution in [3.05, 3.63) is 0 Å². The topological polar surface area (TPSA) is 23.5 Å². The Balaban J connectivity index is 2.25. The molecule has 0 aliphatic carbocycles. The molecule has 0 aromatic rings. The van der Waals surface area contributed by atoms with Crippen molar-refractivity contribution in [1.82, 2.24) is 4.90 Å². The summed E-state index contributed by atoms with van der Waals surface area (Å²) in [5.41, 5.74) is -0.395. The molecular formula is C11H23NO. The molecule has 1 fully saturated rings. The maximum atomic E-state index is 10.0. The molecule has 0 spiro atoms. The van der Waals surface area contributed by atoms with E-state index in [1.807, 2.05) is 0 Å². The van der Waals surface area contributed by atoms with Crippen molar-refractivity contribution in [2.75, 3.05) is 19.6 Å². The molecule has 1 aliphatic heterocycles. The number of likely N-dealkylation sites (tertiary alicyclic amines) is 1. The SMILES string of the molecule is CCC(C)CN1CC(O)(C(C)C)C1. The number of aliphatic hydroxyl groups is 1. The van der Waals surface area contributed by atoms with Crippen LogP contribution in [0.2, 0.25) is 0 Å². The molecule has 2 heteroatoms. The van der Waals surface area contributed by atoms with Crippen LogP contribution in [0.15, 0.2) is 0 Å². The molecule has 0 aromatic carbocycles. The summed E-state index contributed by atoms with van der Waals surface area (Å²) in [4.78, 5) is 2.36. The maximum absolute atomic E-state index is 10.0. The molecule has 1 rings (SSSR count). The van der Waals surface area contributed by atoms with Gasteiger partial charge in [0, 0.05) is 19.6 Å². The van der Waals surface area contributed by atoms with E-state index in [9.17, 15) is 5.11 Å². The third-order valence-electron chi connectivity index (χ3n) is 3.34. The summed E-state index contributed by atoms with van der Waals surface area (Å²) in [6, 6.07) is 0. The smallest absolute Gasteiger partial charge is 0.0922 e. The zero-order valence-electron chi connectivity index (χ0n) is 9.38. The minimum Gasteiger partial charge on any atom is -0.387 e. The van der Waals surface area contributed by atoms with Gasteiger partial charge in [-0.25, -0.2) is 0 Å². The summed E-state index contributed by atoms with van der Waals surface area (Å²) in [5, 5.41) is 10.0. The van der Waals surface area contributed by atoms with Gasteiger partial charge in [-0.1, -0.05) is 34.1 Å². The van der Waals surface area contributed by atoms with Crippen LogP contribution in [0.3, 0.4) is 0 Å². The van der Waals surface area contributed by atoms with Gasteiger partial charge < -0.3 is 5.11 Å². The average molecular weight is 185 g/mol. The molecule has 1 unspecified atom stereocenters. The molecule has 1 saturated heterocycles. The highest BCUT2D eigenvalue weighted by Gasteiger charge is 2.43. The molecule has 0 aromatic heterocycles. The minimum atomic E-state index is -0.395. The van der Waals surface area contributed by atoms with Gasteiger partial charge in [-0.2, -0.15) is 0 Å². The predicted molar refractivity (Wildman–Crippen MR) is 55.7 cm³/mol. The van der Waals surface area contributed by atoms with Gasteiger partial charge in [0.05, 0.1) is 5.60 Å². The highest BCUT2D eigenvalue weighted by Crippen LogP contribution is 2.29. The largest absolute Gasteiger partial charge is 0.387 e. The lowest BCUT2D eigenvalue weighted by Gasteiger charge is -2.50. The average Bonchev–Trinajstić information content (AvgIpc) is 2.00. The Labute approximate surface area is 81.9 Å². The zero-order chi connectivity index (χ0) is 10.1. The summed E-state index contributed by atoms with van der Waals surface area (Å²) in [7, 11) is 0. The molecule has 0 saturated carbocycles. The van der Waals surface area contributed by atoms with Gasteiger partial charge in [-0.05, 0) is 11.8 Å². The van der Waals surface area contributed by atoms with Gasteiger partial charge >= 0.3 is 0 Å². The zero-order valence-corrected chi connectivity index (χ0v) is 9.38. The molecule has 0 radical (unpaired) electrons. The molecule has 1 aliphatic rings. The van der Waals surface area contributed by atoms with Crippen LogP contribution in [-0.4, -0.2) is 35.2 Å². The van der Waals surface area contributed by atoms with Crippen LogP contribution in [0, 0.1) is 11.8 Å². The lowest BCUT2D eigenvalue weighted by Crippen LogP contribution is -2.64. The Morgan fingerprint density at radius 3 is 2.23 bits per heavy atom. The molecule has 1 atom stereocenters. The molecular weight excluding hydrogens is 162 g/mol. The molecule has 2 nitrogen and oxygen atoms in total. The fraction of sp³-hybridized carbons (Fsp3) is 1.00. The summed E-state index contributed by atoms with van der Waals surface area (Å²) in [6.07, 6.45) is 1.23. The van der Waals surface area contributed by atoms with E-state index in [4.69, 9.17) is 0 Å². The molecule has 78 valence electrons. The van der Waals surface area contributed by atoms with E-state index in [1.165, 1.54) is 6.42 Å². The van der Waals surface area contributed by atoms with E-state index in [1.54, 1.807) is 0 Å². The third kappa shape index (κ3) is 2.44. The molecule has 13 heavy (non-hydrogen) atoms. The van der Waals surface area contributed by atoms with Crippen LogP contribution >= 0.6 is 0 Å². The van der Waals surface area contributed by atoms with Gasteiger partial charge in [0.2, 0.25) is 0 Å². The van der Waals surface area contributed by atoms with E-state index in [0.717, 1.165) is 25.6 Å². The lowest BCUT2D eigenvalue weighted by atomic mass is 9.82. The van der Waals surface area contributed by atoms with E-state index < -0.39 is 5.60 Å². The third-order valence-corrected chi connectivity index (χ3v) is 3.34. The fourth-order valence-corrected chi connectivity index (χ4v) is 1.79. The van der Waals surface area contributed by atoms with Crippen LogP contribution in [0.4, 0.5) is 0 Å². The van der Waals surface area contributed by atoms with Crippen LogP contribution in [0.25, 0.3) is 0 Å². The highest BCUT2D eigenvalue weighted by molar-refractivity contribution is 4.97. The van der Waals surface area contributed by atoms with Crippen LogP contribution in [-0.2, 0) is 0 Å². The first kappa shape index (κ1) is 11.0. The fourth-order valence-electron chi connectivity index (χ4n) is 1.79. The van der Waals surface area contributed by atoms with Crippen LogP contribution in [0.1, 0.15) is 34.1 Å². The lowest BCUT2D eigenvalue weighted by molar-refractivity contribution is -0.130. The first-order chi connectivity index (χ1) is 5.98. The predicted octanol–water partition coefficient (Wildman–Crippen LogP) is 1.74. The Morgan fingerprint density at radius 1 is 1.31 bits per heavy atom. The van der Waals surface area contributed by atoms with Crippen molar-refractivity contribution in [3.63, 3.8) is 0 Å². The number of hydrogen-bond acceptors (Lipinski definition) is 2. The van der Waals surface area contributed by atoms with Gasteiger partial charge in [0.25, 0.3) is 0 Å². The summed E-state index contributed by atoms with van der Waals surface area (Å²) in [6.45, 7) is 11.6. The summed E-state index contributed by atoms with van der Waals surface area (Å²) in [5.74, 6) is 1.15. The number of β-amino-alcohol motifs (C(OH)–C–C–N with tert-alkyl or cyclic N) is 1. The van der Waals surface area contributed by atoms with Crippen molar-refractivity contribution in [2.24, 2.45) is 11.8 Å². The quantitative estimate of drug-likeness (QED) is 0.721. The van der Waals surface area contributed by atoms with Gasteiger partial charge in [-0.3, -0.25) is 4.90 Å². The number of rotatable bonds is 4. The van der Waals surface area contributed by atoms with Gasteiger partial charge in [-0.15, -0.1) is 0 Å². The first-order valence-corrected chi connectivity index (χ1v) is 5.42. The van der Waals surface area contributed by atoms with E-state index in [-0.39, 0.29) is 0 Å². The maximum Gasteiger partial charge on any atom is 0.0922 e. The Bertz CT molecular complexity index is 161. The monoisotopic (exact) mass is 185 g/mol. The second kappa shape index (κ2) is 3.97. The molecule has 1 N–H and O–H groups in total. The summed E-state index contributed by atoms with van der Waals surface area (Å²) >= 11 is 0. The van der Waals surface area contributed by atoms with E-state index in [0.29, 0.717) is 5.92 Å². The summed E-state index contributed by atoms with van der Waals surface area (Å²) < 4.78 is 0. The number of hydrogen-bond donors (Lipinski definition) is 1. The van der Waals surface area contributed by atoms with E-state index in [2.05, 4.69) is 32.6 Å². The van der Waals surface area contributed by atoms with Crippen molar-refractivity contribution >= 4 is 0 Å². The molecule has 0 bridgehead atoms. The Kier molecular flexibility index (Phi) is 3.36. The first-order valence-electron chi connectivity index (χ1n) is 5.42. The van der Waals surface area contributed by atoms with E-state index >= 15 is 0 Å². The normalized spacial score (nSPS) is 24.5. The van der Waals surface area contributed by atoms with Crippen LogP contribution in [0.5, 0.6) is 0 Å². The van der Waals surface area contributed by atoms with Gasteiger partial charge in [0.15, 0.2) is 0 Å². The minimum absolute atomic E-state index is 0.390. The molecule has 1 heterocycles.